The van der Waals surface area contributed by atoms with Crippen LogP contribution in [0.1, 0.15) is 48.9 Å². The number of nitrogen functional groups attached to an aromatic ring is 1. The summed E-state index contributed by atoms with van der Waals surface area (Å²) >= 11 is 0. The van der Waals surface area contributed by atoms with Crippen LogP contribution in [-0.2, 0) is 4.74 Å². The number of ether oxygens (including phenoxy) is 1. The Labute approximate surface area is 114 Å². The average Bonchev–Trinajstić information content (AvgIpc) is 2.69. The molecule has 0 saturated heterocycles. The van der Waals surface area contributed by atoms with Crippen LogP contribution in [0.25, 0.3) is 0 Å². The Balaban J connectivity index is 2.13. The lowest BCUT2D eigenvalue weighted by atomic mass is 10.1. The molecular weight excluding hydrogens is 240 g/mol. The number of para-hydroxylation sites is 1. The van der Waals surface area contributed by atoms with Crippen molar-refractivity contribution in [3.05, 3.63) is 23.8 Å². The molecule has 0 aliphatic heterocycles. The van der Waals surface area contributed by atoms with Crippen molar-refractivity contribution in [3.8, 4) is 0 Å². The summed E-state index contributed by atoms with van der Waals surface area (Å²) in [7, 11) is 1.37. The number of carbonyl (C=O) groups is 1. The summed E-state index contributed by atoms with van der Waals surface area (Å²) in [5.74, 6) is -0.387. The zero-order chi connectivity index (χ0) is 13.7. The molecule has 0 heterocycles. The van der Waals surface area contributed by atoms with Crippen LogP contribution in [0, 0.1) is 0 Å². The predicted molar refractivity (Wildman–Crippen MR) is 77.3 cm³/mol. The second-order valence-corrected chi connectivity index (χ2v) is 5.09. The van der Waals surface area contributed by atoms with E-state index in [1.807, 2.05) is 12.1 Å². The van der Waals surface area contributed by atoms with Crippen molar-refractivity contribution in [2.24, 2.45) is 0 Å². The zero-order valence-electron chi connectivity index (χ0n) is 11.4. The Morgan fingerprint density at radius 3 is 2.58 bits per heavy atom. The molecule has 2 rings (SSSR count). The zero-order valence-corrected chi connectivity index (χ0v) is 11.4. The number of carbonyl (C=O) groups excluding carboxylic acids is 1. The van der Waals surface area contributed by atoms with Crippen molar-refractivity contribution in [3.63, 3.8) is 0 Å². The van der Waals surface area contributed by atoms with Crippen LogP contribution in [-0.4, -0.2) is 19.1 Å². The molecule has 1 aromatic carbocycles. The van der Waals surface area contributed by atoms with Crippen molar-refractivity contribution in [1.82, 2.24) is 0 Å². The summed E-state index contributed by atoms with van der Waals surface area (Å²) in [5.41, 5.74) is 7.81. The largest absolute Gasteiger partial charge is 0.465 e. The lowest BCUT2D eigenvalue weighted by molar-refractivity contribution is 0.0602. The van der Waals surface area contributed by atoms with Gasteiger partial charge in [0.2, 0.25) is 0 Å². The number of benzene rings is 1. The fraction of sp³-hybridized carbons (Fsp3) is 0.533. The summed E-state index contributed by atoms with van der Waals surface area (Å²) in [6.07, 6.45) is 7.48. The molecule has 0 amide bonds. The third-order valence-electron chi connectivity index (χ3n) is 3.73. The minimum Gasteiger partial charge on any atom is -0.465 e. The number of nitrogens with two attached hydrogens (primary N) is 1. The number of hydrogen-bond donors (Lipinski definition) is 2. The van der Waals surface area contributed by atoms with E-state index in [0.29, 0.717) is 17.3 Å². The summed E-state index contributed by atoms with van der Waals surface area (Å²) in [4.78, 5) is 11.6. The number of esters is 1. The summed E-state index contributed by atoms with van der Waals surface area (Å²) in [6.45, 7) is 0. The fourth-order valence-corrected chi connectivity index (χ4v) is 2.62. The maximum absolute atomic E-state index is 11.6. The highest BCUT2D eigenvalue weighted by Gasteiger charge is 2.16. The normalized spacial score (nSPS) is 16.7. The third-order valence-corrected chi connectivity index (χ3v) is 3.73. The summed E-state index contributed by atoms with van der Waals surface area (Å²) in [5, 5.41) is 3.48. The molecule has 1 aliphatic carbocycles. The van der Waals surface area contributed by atoms with Crippen LogP contribution in [0.4, 0.5) is 11.4 Å². The van der Waals surface area contributed by atoms with Crippen LogP contribution in [0.2, 0.25) is 0 Å². The second kappa shape index (κ2) is 6.45. The molecule has 0 radical (unpaired) electrons. The van der Waals surface area contributed by atoms with Gasteiger partial charge in [-0.05, 0) is 25.0 Å². The van der Waals surface area contributed by atoms with E-state index in [-0.39, 0.29) is 5.97 Å². The SMILES string of the molecule is COC(=O)c1cccc(NC2CCCCCC2)c1N. The highest BCUT2D eigenvalue weighted by molar-refractivity contribution is 5.98. The van der Waals surface area contributed by atoms with Crippen molar-refractivity contribution < 1.29 is 9.53 Å². The van der Waals surface area contributed by atoms with E-state index in [1.54, 1.807) is 6.07 Å². The van der Waals surface area contributed by atoms with Gasteiger partial charge in [0.05, 0.1) is 24.0 Å². The summed E-state index contributed by atoms with van der Waals surface area (Å²) < 4.78 is 4.74. The van der Waals surface area contributed by atoms with Gasteiger partial charge in [-0.3, -0.25) is 0 Å². The topological polar surface area (TPSA) is 64.3 Å². The molecule has 0 atom stereocenters. The smallest absolute Gasteiger partial charge is 0.340 e. The van der Waals surface area contributed by atoms with E-state index in [9.17, 15) is 4.79 Å². The second-order valence-electron chi connectivity index (χ2n) is 5.09. The highest BCUT2D eigenvalue weighted by atomic mass is 16.5. The quantitative estimate of drug-likeness (QED) is 0.499. The number of rotatable bonds is 3. The first kappa shape index (κ1) is 13.7. The van der Waals surface area contributed by atoms with Gasteiger partial charge in [0.1, 0.15) is 0 Å². The molecule has 1 saturated carbocycles. The lowest BCUT2D eigenvalue weighted by Crippen LogP contribution is -2.20. The molecule has 4 heteroatoms. The molecule has 0 aromatic heterocycles. The Bertz CT molecular complexity index is 438. The Morgan fingerprint density at radius 2 is 1.95 bits per heavy atom. The maximum atomic E-state index is 11.6. The maximum Gasteiger partial charge on any atom is 0.340 e. The van der Waals surface area contributed by atoms with Crippen LogP contribution in [0.5, 0.6) is 0 Å². The van der Waals surface area contributed by atoms with E-state index < -0.39 is 0 Å². The Kier molecular flexibility index (Phi) is 4.66. The van der Waals surface area contributed by atoms with Gasteiger partial charge >= 0.3 is 5.97 Å². The van der Waals surface area contributed by atoms with Gasteiger partial charge in [-0.1, -0.05) is 31.7 Å². The Morgan fingerprint density at radius 1 is 1.26 bits per heavy atom. The van der Waals surface area contributed by atoms with Gasteiger partial charge in [-0.25, -0.2) is 4.79 Å². The molecule has 3 N–H and O–H groups in total. The van der Waals surface area contributed by atoms with E-state index in [0.717, 1.165) is 5.69 Å². The van der Waals surface area contributed by atoms with Gasteiger partial charge in [0, 0.05) is 6.04 Å². The van der Waals surface area contributed by atoms with E-state index in [2.05, 4.69) is 5.32 Å². The summed E-state index contributed by atoms with van der Waals surface area (Å²) in [6, 6.07) is 5.91. The molecular formula is C15H22N2O2. The number of hydrogen-bond acceptors (Lipinski definition) is 4. The number of anilines is 2. The number of methoxy groups -OCH3 is 1. The molecule has 0 spiro atoms. The highest BCUT2D eigenvalue weighted by Crippen LogP contribution is 2.27. The first-order chi connectivity index (χ1) is 9.22. The predicted octanol–water partition coefficient (Wildman–Crippen LogP) is 3.19. The van der Waals surface area contributed by atoms with Crippen molar-refractivity contribution >= 4 is 17.3 Å². The fourth-order valence-electron chi connectivity index (χ4n) is 2.62. The van der Waals surface area contributed by atoms with Crippen LogP contribution in [0.3, 0.4) is 0 Å². The van der Waals surface area contributed by atoms with Crippen LogP contribution >= 0.6 is 0 Å². The molecule has 1 aromatic rings. The minimum atomic E-state index is -0.387. The van der Waals surface area contributed by atoms with Crippen molar-refractivity contribution in [2.45, 2.75) is 44.6 Å². The van der Waals surface area contributed by atoms with Gasteiger partial charge in [0.25, 0.3) is 0 Å². The monoisotopic (exact) mass is 262 g/mol. The minimum absolute atomic E-state index is 0.387. The van der Waals surface area contributed by atoms with Gasteiger partial charge in [-0.2, -0.15) is 0 Å². The van der Waals surface area contributed by atoms with Crippen LogP contribution in [0.15, 0.2) is 18.2 Å². The molecule has 1 fully saturated rings. The standard InChI is InChI=1S/C15H22N2O2/c1-19-15(18)12-9-6-10-13(14(12)16)17-11-7-4-2-3-5-8-11/h6,9-11,17H,2-5,7-8,16H2,1H3. The van der Waals surface area contributed by atoms with Crippen LogP contribution < -0.4 is 11.1 Å². The van der Waals surface area contributed by atoms with Gasteiger partial charge in [0.15, 0.2) is 0 Å². The lowest BCUT2D eigenvalue weighted by Gasteiger charge is -2.19. The molecule has 1 aliphatic rings. The molecule has 0 bridgehead atoms. The molecule has 0 unspecified atom stereocenters. The first-order valence-electron chi connectivity index (χ1n) is 6.95. The van der Waals surface area contributed by atoms with Gasteiger partial charge < -0.3 is 15.8 Å². The Hall–Kier alpha value is -1.71. The first-order valence-corrected chi connectivity index (χ1v) is 6.95. The molecule has 4 nitrogen and oxygen atoms in total. The van der Waals surface area contributed by atoms with E-state index >= 15 is 0 Å². The molecule has 104 valence electrons. The van der Waals surface area contributed by atoms with Crippen molar-refractivity contribution in [2.75, 3.05) is 18.2 Å². The third kappa shape index (κ3) is 3.40. The van der Waals surface area contributed by atoms with E-state index in [1.165, 1.54) is 45.6 Å². The van der Waals surface area contributed by atoms with Gasteiger partial charge in [-0.15, -0.1) is 0 Å². The van der Waals surface area contributed by atoms with Crippen molar-refractivity contribution in [1.29, 1.82) is 0 Å². The van der Waals surface area contributed by atoms with E-state index in [4.69, 9.17) is 10.5 Å². The number of nitrogens with one attached hydrogen (secondary N) is 1. The average molecular weight is 262 g/mol. The molecule has 19 heavy (non-hydrogen) atoms.